The smallest absolute Gasteiger partial charge is 0.123 e. The normalized spacial score (nSPS) is 14.4. The predicted octanol–water partition coefficient (Wildman–Crippen LogP) is 9.60. The highest BCUT2D eigenvalue weighted by Crippen LogP contribution is 2.40. The number of piperidine rings is 1. The zero-order chi connectivity index (χ0) is 26.1. The van der Waals surface area contributed by atoms with Crippen molar-refractivity contribution in [1.29, 1.82) is 0 Å². The van der Waals surface area contributed by atoms with Gasteiger partial charge in [0.05, 0.1) is 5.69 Å². The maximum atomic E-state index is 14.6. The second kappa shape index (κ2) is 12.1. The average molecular weight is 580 g/mol. The number of hydrogen-bond donors (Lipinski definition) is 0. The first-order chi connectivity index (χ1) is 18.6. The molecule has 1 aliphatic rings. The molecule has 4 aromatic carbocycles. The number of halogens is 4. The molecule has 2 nitrogen and oxygen atoms in total. The van der Waals surface area contributed by atoms with Gasteiger partial charge in [-0.1, -0.05) is 89.9 Å². The van der Waals surface area contributed by atoms with Crippen molar-refractivity contribution in [3.05, 3.63) is 130 Å². The first kappa shape index (κ1) is 27.7. The lowest BCUT2D eigenvalue weighted by atomic mass is 9.89. The lowest BCUT2D eigenvalue weighted by Crippen LogP contribution is -2.32. The molecular formula is C33H30Cl3FN2. The number of nitrogens with zero attached hydrogens (tertiary/aromatic N) is 2. The van der Waals surface area contributed by atoms with Crippen molar-refractivity contribution >= 4 is 46.5 Å². The monoisotopic (exact) mass is 578 g/mol. The first-order valence-corrected chi connectivity index (χ1v) is 13.9. The topological polar surface area (TPSA) is 8.17 Å². The Morgan fingerprint density at radius 2 is 1.38 bits per heavy atom. The van der Waals surface area contributed by atoms with Gasteiger partial charge in [-0.05, 0) is 84.4 Å². The summed E-state index contributed by atoms with van der Waals surface area (Å²) in [4.78, 5) is 2.49. The fourth-order valence-electron chi connectivity index (χ4n) is 5.92. The van der Waals surface area contributed by atoms with Gasteiger partial charge in [0.25, 0.3) is 0 Å². The fourth-order valence-corrected chi connectivity index (χ4v) is 6.62. The molecule has 0 saturated carbocycles. The molecule has 0 aliphatic carbocycles. The van der Waals surface area contributed by atoms with Crippen LogP contribution in [-0.4, -0.2) is 22.6 Å². The van der Waals surface area contributed by atoms with Crippen molar-refractivity contribution in [2.75, 3.05) is 13.1 Å². The van der Waals surface area contributed by atoms with Crippen LogP contribution in [0.3, 0.4) is 0 Å². The zero-order valence-electron chi connectivity index (χ0n) is 21.5. The third-order valence-corrected chi connectivity index (χ3v) is 8.40. The van der Waals surface area contributed by atoms with Crippen LogP contribution in [0, 0.1) is 5.82 Å². The molecule has 6 rings (SSSR count). The number of aromatic nitrogens is 1. The summed E-state index contributed by atoms with van der Waals surface area (Å²) >= 11 is 13.1. The van der Waals surface area contributed by atoms with Crippen molar-refractivity contribution in [3.63, 3.8) is 0 Å². The molecule has 1 fully saturated rings. The minimum atomic E-state index is -0.206. The highest BCUT2D eigenvalue weighted by atomic mass is 35.5. The molecule has 0 spiro atoms. The van der Waals surface area contributed by atoms with E-state index in [4.69, 9.17) is 23.2 Å². The van der Waals surface area contributed by atoms with E-state index in [9.17, 15) is 4.39 Å². The molecule has 39 heavy (non-hydrogen) atoms. The quantitative estimate of drug-likeness (QED) is 0.194. The number of rotatable bonds is 6. The summed E-state index contributed by atoms with van der Waals surface area (Å²) in [6.07, 6.45) is 1.97. The van der Waals surface area contributed by atoms with E-state index < -0.39 is 0 Å². The summed E-state index contributed by atoms with van der Waals surface area (Å²) in [6.45, 7) is 3.34. The first-order valence-electron chi connectivity index (χ1n) is 13.1. The number of benzene rings is 4. The van der Waals surface area contributed by atoms with E-state index in [0.29, 0.717) is 5.92 Å². The summed E-state index contributed by atoms with van der Waals surface area (Å²) in [5, 5.41) is 2.49. The van der Waals surface area contributed by atoms with Crippen LogP contribution in [0.4, 0.5) is 4.39 Å². The predicted molar refractivity (Wildman–Crippen MR) is 164 cm³/mol. The van der Waals surface area contributed by atoms with Crippen molar-refractivity contribution < 1.29 is 4.39 Å². The minimum absolute atomic E-state index is 0. The van der Waals surface area contributed by atoms with Gasteiger partial charge in [0.1, 0.15) is 5.82 Å². The fraction of sp³-hybridized carbons (Fsp3) is 0.212. The summed E-state index contributed by atoms with van der Waals surface area (Å²) < 4.78 is 17.0. The Balaban J connectivity index is 0.00000308. The minimum Gasteiger partial charge on any atom is -0.336 e. The number of likely N-dealkylation sites (tertiary alicyclic amines) is 1. The van der Waals surface area contributed by atoms with E-state index in [-0.39, 0.29) is 18.2 Å². The van der Waals surface area contributed by atoms with E-state index in [1.54, 1.807) is 12.1 Å². The van der Waals surface area contributed by atoms with Crippen molar-refractivity contribution in [3.8, 4) is 11.3 Å². The lowest BCUT2D eigenvalue weighted by molar-refractivity contribution is 0.205. The Kier molecular flexibility index (Phi) is 8.64. The molecule has 0 amide bonds. The molecule has 0 atom stereocenters. The molecule has 2 heterocycles. The van der Waals surface area contributed by atoms with Gasteiger partial charge in [0.15, 0.2) is 0 Å². The molecule has 0 radical (unpaired) electrons. The van der Waals surface area contributed by atoms with Crippen LogP contribution < -0.4 is 0 Å². The standard InChI is InChI=1S/C33H29Cl2FN2.ClH/c34-29-12-7-13-30(35)32(29)24-16-18-37(19-17-24)22-28-27-20-26(36)14-15-31(27)38(21-23-8-3-1-4-9-23)33(28)25-10-5-2-6-11-25;/h1-15,20,24H,16-19,21-22H2;1H. The molecule has 0 bridgehead atoms. The molecule has 200 valence electrons. The van der Waals surface area contributed by atoms with Gasteiger partial charge < -0.3 is 4.57 Å². The van der Waals surface area contributed by atoms with Crippen LogP contribution in [0.15, 0.2) is 97.1 Å². The van der Waals surface area contributed by atoms with Crippen LogP contribution in [0.25, 0.3) is 22.2 Å². The highest BCUT2D eigenvalue weighted by molar-refractivity contribution is 6.36. The summed E-state index contributed by atoms with van der Waals surface area (Å²) in [6, 6.07) is 31.9. The Morgan fingerprint density at radius 3 is 2.05 bits per heavy atom. The van der Waals surface area contributed by atoms with Crippen LogP contribution in [0.5, 0.6) is 0 Å². The van der Waals surface area contributed by atoms with Gasteiger partial charge in [0.2, 0.25) is 0 Å². The van der Waals surface area contributed by atoms with E-state index in [0.717, 1.165) is 76.8 Å². The van der Waals surface area contributed by atoms with Gasteiger partial charge in [-0.15, -0.1) is 12.4 Å². The maximum Gasteiger partial charge on any atom is 0.123 e. The summed E-state index contributed by atoms with van der Waals surface area (Å²) in [7, 11) is 0. The van der Waals surface area contributed by atoms with Crippen LogP contribution >= 0.6 is 35.6 Å². The molecule has 6 heteroatoms. The molecule has 0 N–H and O–H groups in total. The second-order valence-corrected chi connectivity index (χ2v) is 10.9. The van der Waals surface area contributed by atoms with Crippen LogP contribution in [-0.2, 0) is 13.1 Å². The number of hydrogen-bond acceptors (Lipinski definition) is 1. The molecule has 1 saturated heterocycles. The van der Waals surface area contributed by atoms with Gasteiger partial charge in [-0.25, -0.2) is 4.39 Å². The largest absolute Gasteiger partial charge is 0.336 e. The van der Waals surface area contributed by atoms with E-state index in [1.807, 2.05) is 36.4 Å². The Labute approximate surface area is 245 Å². The number of fused-ring (bicyclic) bond motifs is 1. The Morgan fingerprint density at radius 1 is 0.744 bits per heavy atom. The van der Waals surface area contributed by atoms with Crippen LogP contribution in [0.1, 0.15) is 35.4 Å². The Hall–Kier alpha value is -2.82. The molecular weight excluding hydrogens is 550 g/mol. The molecule has 5 aromatic rings. The van der Waals surface area contributed by atoms with Gasteiger partial charge in [-0.3, -0.25) is 4.90 Å². The van der Waals surface area contributed by atoms with Gasteiger partial charge >= 0.3 is 0 Å². The third kappa shape index (κ3) is 5.73. The molecule has 0 unspecified atom stereocenters. The highest BCUT2D eigenvalue weighted by Gasteiger charge is 2.27. The van der Waals surface area contributed by atoms with Crippen molar-refractivity contribution in [2.45, 2.75) is 31.8 Å². The average Bonchev–Trinajstić information content (AvgIpc) is 3.22. The molecule has 1 aliphatic heterocycles. The maximum absolute atomic E-state index is 14.6. The van der Waals surface area contributed by atoms with E-state index in [1.165, 1.54) is 11.1 Å². The summed E-state index contributed by atoms with van der Waals surface area (Å²) in [5.74, 6) is 0.139. The van der Waals surface area contributed by atoms with Gasteiger partial charge in [0, 0.05) is 34.0 Å². The second-order valence-electron chi connectivity index (χ2n) is 10.1. The Bertz CT molecular complexity index is 1540. The van der Waals surface area contributed by atoms with Crippen LogP contribution in [0.2, 0.25) is 10.0 Å². The molecule has 1 aromatic heterocycles. The lowest BCUT2D eigenvalue weighted by Gasteiger charge is -2.33. The van der Waals surface area contributed by atoms with Crippen molar-refractivity contribution in [2.24, 2.45) is 0 Å². The van der Waals surface area contributed by atoms with E-state index >= 15 is 0 Å². The zero-order valence-corrected chi connectivity index (χ0v) is 23.8. The SMILES string of the molecule is Cl.Fc1ccc2c(c1)c(CN1CCC(c3c(Cl)cccc3Cl)CC1)c(-c1ccccc1)n2Cc1ccccc1. The van der Waals surface area contributed by atoms with E-state index in [2.05, 4.69) is 58.0 Å². The van der Waals surface area contributed by atoms with Crippen molar-refractivity contribution in [1.82, 2.24) is 9.47 Å². The van der Waals surface area contributed by atoms with Gasteiger partial charge in [-0.2, -0.15) is 0 Å². The third-order valence-electron chi connectivity index (χ3n) is 7.74. The summed E-state index contributed by atoms with van der Waals surface area (Å²) in [5.41, 5.74) is 6.83.